The molecule has 0 radical (unpaired) electrons. The monoisotopic (exact) mass is 299 g/mol. The Balaban J connectivity index is 2.12. The number of aryl methyl sites for hydroxylation is 1. The van der Waals surface area contributed by atoms with Crippen LogP contribution in [0.15, 0.2) is 46.7 Å². The van der Waals surface area contributed by atoms with Crippen LogP contribution in [0.3, 0.4) is 0 Å². The minimum absolute atomic E-state index is 0.316. The van der Waals surface area contributed by atoms with E-state index in [2.05, 4.69) is 55.3 Å². The maximum absolute atomic E-state index is 4.53. The Morgan fingerprint density at radius 3 is 2.32 bits per heavy atom. The van der Waals surface area contributed by atoms with E-state index in [-0.39, 0.29) is 0 Å². The van der Waals surface area contributed by atoms with Gasteiger partial charge in [0.15, 0.2) is 5.82 Å². The highest BCUT2D eigenvalue weighted by atomic mass is 15.6. The first-order valence-corrected chi connectivity index (χ1v) is 7.75. The van der Waals surface area contributed by atoms with Gasteiger partial charge in [0.05, 0.1) is 6.54 Å². The standard InChI is InChI=1S/C17H25N5/c1-13(2)22(14(3)4)20-18-17-11-15(5)21(19-17)12-16-9-7-6-8-10-16/h6-11,13-14H,12H2,1-5H3. The largest absolute Gasteiger partial charge is 0.273 e. The molecule has 0 aliphatic heterocycles. The maximum atomic E-state index is 4.53. The van der Waals surface area contributed by atoms with Gasteiger partial charge < -0.3 is 0 Å². The van der Waals surface area contributed by atoms with E-state index in [9.17, 15) is 0 Å². The van der Waals surface area contributed by atoms with Crippen molar-refractivity contribution in [3.05, 3.63) is 47.7 Å². The summed E-state index contributed by atoms with van der Waals surface area (Å²) in [5.41, 5.74) is 2.31. The lowest BCUT2D eigenvalue weighted by atomic mass is 10.2. The molecule has 0 aliphatic carbocycles. The van der Waals surface area contributed by atoms with Crippen LogP contribution < -0.4 is 0 Å². The number of hydrogen-bond donors (Lipinski definition) is 0. The van der Waals surface area contributed by atoms with E-state index in [1.54, 1.807) is 0 Å². The van der Waals surface area contributed by atoms with Crippen molar-refractivity contribution in [3.8, 4) is 0 Å². The van der Waals surface area contributed by atoms with Crippen LogP contribution in [0, 0.1) is 6.92 Å². The lowest BCUT2D eigenvalue weighted by Gasteiger charge is -2.25. The van der Waals surface area contributed by atoms with E-state index in [1.165, 1.54) is 5.56 Å². The van der Waals surface area contributed by atoms with E-state index < -0.39 is 0 Å². The summed E-state index contributed by atoms with van der Waals surface area (Å²) in [5, 5.41) is 15.1. The van der Waals surface area contributed by atoms with Gasteiger partial charge in [-0.15, -0.1) is 5.11 Å². The second-order valence-electron chi connectivity index (χ2n) is 6.04. The maximum Gasteiger partial charge on any atom is 0.197 e. The molecule has 1 heterocycles. The third-order valence-electron chi connectivity index (χ3n) is 3.45. The summed E-state index contributed by atoms with van der Waals surface area (Å²) in [5.74, 6) is 0.653. The third kappa shape index (κ3) is 4.16. The predicted molar refractivity (Wildman–Crippen MR) is 89.1 cm³/mol. The molecule has 5 nitrogen and oxygen atoms in total. The Hall–Kier alpha value is -2.17. The van der Waals surface area contributed by atoms with E-state index in [1.807, 2.05) is 40.9 Å². The van der Waals surface area contributed by atoms with Crippen LogP contribution in [-0.2, 0) is 6.54 Å². The minimum Gasteiger partial charge on any atom is -0.273 e. The highest BCUT2D eigenvalue weighted by Gasteiger charge is 2.11. The summed E-state index contributed by atoms with van der Waals surface area (Å²) in [6.45, 7) is 11.2. The average Bonchev–Trinajstić information content (AvgIpc) is 2.79. The topological polar surface area (TPSA) is 45.8 Å². The molecule has 5 heteroatoms. The molecule has 0 unspecified atom stereocenters. The molecule has 0 saturated heterocycles. The van der Waals surface area contributed by atoms with Gasteiger partial charge in [0.1, 0.15) is 0 Å². The van der Waals surface area contributed by atoms with Crippen LogP contribution >= 0.6 is 0 Å². The van der Waals surface area contributed by atoms with Crippen molar-refractivity contribution in [1.82, 2.24) is 14.8 Å². The van der Waals surface area contributed by atoms with Crippen LogP contribution in [-0.4, -0.2) is 26.9 Å². The molecule has 22 heavy (non-hydrogen) atoms. The Bertz CT molecular complexity index is 605. The van der Waals surface area contributed by atoms with Crippen LogP contribution in [0.25, 0.3) is 0 Å². The Kier molecular flexibility index (Phi) is 5.31. The molecular formula is C17H25N5. The molecule has 0 amide bonds. The lowest BCUT2D eigenvalue weighted by Crippen LogP contribution is -2.31. The molecule has 0 aliphatic rings. The van der Waals surface area contributed by atoms with Crippen molar-refractivity contribution >= 4 is 5.82 Å². The van der Waals surface area contributed by atoms with Crippen molar-refractivity contribution in [2.24, 2.45) is 10.3 Å². The van der Waals surface area contributed by atoms with Gasteiger partial charge in [-0.1, -0.05) is 35.6 Å². The SMILES string of the molecule is Cc1cc(N=NN(C(C)C)C(C)C)nn1Cc1ccccc1. The van der Waals surface area contributed by atoms with Gasteiger partial charge in [-0.05, 0) is 40.2 Å². The van der Waals surface area contributed by atoms with Crippen LogP contribution in [0.5, 0.6) is 0 Å². The van der Waals surface area contributed by atoms with Gasteiger partial charge in [-0.3, -0.25) is 9.69 Å². The highest BCUT2D eigenvalue weighted by molar-refractivity contribution is 5.28. The number of aromatic nitrogens is 2. The van der Waals surface area contributed by atoms with E-state index in [0.29, 0.717) is 17.9 Å². The first-order valence-electron chi connectivity index (χ1n) is 7.75. The predicted octanol–water partition coefficient (Wildman–Crippen LogP) is 4.36. The van der Waals surface area contributed by atoms with Crippen molar-refractivity contribution in [2.75, 3.05) is 0 Å². The number of benzene rings is 1. The molecule has 0 N–H and O–H groups in total. The fraction of sp³-hybridized carbons (Fsp3) is 0.471. The molecule has 0 spiro atoms. The van der Waals surface area contributed by atoms with Crippen LogP contribution in [0.4, 0.5) is 5.82 Å². The number of hydrogen-bond acceptors (Lipinski definition) is 3. The van der Waals surface area contributed by atoms with Gasteiger partial charge in [0.2, 0.25) is 0 Å². The summed E-state index contributed by atoms with van der Waals surface area (Å²) in [4.78, 5) is 0. The fourth-order valence-electron chi connectivity index (χ4n) is 2.36. The molecule has 2 aromatic rings. The minimum atomic E-state index is 0.316. The molecule has 1 aromatic carbocycles. The van der Waals surface area contributed by atoms with Crippen molar-refractivity contribution in [1.29, 1.82) is 0 Å². The molecule has 0 fully saturated rings. The molecule has 2 rings (SSSR count). The molecular weight excluding hydrogens is 274 g/mol. The van der Waals surface area contributed by atoms with E-state index >= 15 is 0 Å². The zero-order valence-electron chi connectivity index (χ0n) is 14.1. The fourth-order valence-corrected chi connectivity index (χ4v) is 2.36. The average molecular weight is 299 g/mol. The van der Waals surface area contributed by atoms with Crippen LogP contribution in [0.1, 0.15) is 39.0 Å². The Morgan fingerprint density at radius 2 is 1.73 bits per heavy atom. The van der Waals surface area contributed by atoms with Gasteiger partial charge in [0, 0.05) is 23.8 Å². The Labute approximate surface area is 132 Å². The second-order valence-corrected chi connectivity index (χ2v) is 6.04. The normalized spacial score (nSPS) is 11.8. The van der Waals surface area contributed by atoms with Crippen molar-refractivity contribution < 1.29 is 0 Å². The molecule has 0 saturated carbocycles. The highest BCUT2D eigenvalue weighted by Crippen LogP contribution is 2.16. The summed E-state index contributed by atoms with van der Waals surface area (Å²) in [6, 6.07) is 12.9. The second kappa shape index (κ2) is 7.20. The molecule has 0 atom stereocenters. The molecule has 0 bridgehead atoms. The summed E-state index contributed by atoms with van der Waals surface area (Å²) in [6.07, 6.45) is 0. The smallest absolute Gasteiger partial charge is 0.197 e. The number of nitrogens with zero attached hydrogens (tertiary/aromatic N) is 5. The van der Waals surface area contributed by atoms with E-state index in [4.69, 9.17) is 0 Å². The summed E-state index contributed by atoms with van der Waals surface area (Å²) >= 11 is 0. The third-order valence-corrected chi connectivity index (χ3v) is 3.45. The van der Waals surface area contributed by atoms with E-state index in [0.717, 1.165) is 12.2 Å². The first-order chi connectivity index (χ1) is 10.5. The zero-order chi connectivity index (χ0) is 16.1. The van der Waals surface area contributed by atoms with Gasteiger partial charge in [-0.25, -0.2) is 0 Å². The summed E-state index contributed by atoms with van der Waals surface area (Å²) in [7, 11) is 0. The lowest BCUT2D eigenvalue weighted by molar-refractivity contribution is 0.169. The van der Waals surface area contributed by atoms with Crippen molar-refractivity contribution in [2.45, 2.75) is 53.2 Å². The van der Waals surface area contributed by atoms with Gasteiger partial charge in [0.25, 0.3) is 0 Å². The Morgan fingerprint density at radius 1 is 1.09 bits per heavy atom. The molecule has 1 aromatic heterocycles. The molecule has 118 valence electrons. The quantitative estimate of drug-likeness (QED) is 0.588. The first kappa shape index (κ1) is 16.2. The van der Waals surface area contributed by atoms with Gasteiger partial charge >= 0.3 is 0 Å². The zero-order valence-corrected chi connectivity index (χ0v) is 14.1. The van der Waals surface area contributed by atoms with Gasteiger partial charge in [-0.2, -0.15) is 5.10 Å². The summed E-state index contributed by atoms with van der Waals surface area (Å²) < 4.78 is 1.96. The van der Waals surface area contributed by atoms with Crippen LogP contribution in [0.2, 0.25) is 0 Å². The van der Waals surface area contributed by atoms with Crippen molar-refractivity contribution in [3.63, 3.8) is 0 Å². The number of rotatable bonds is 6.